The van der Waals surface area contributed by atoms with Gasteiger partial charge in [0.15, 0.2) is 11.5 Å². The topological polar surface area (TPSA) is 116 Å². The minimum atomic E-state index is -4.48. The van der Waals surface area contributed by atoms with Gasteiger partial charge in [0.2, 0.25) is 5.71 Å². The Labute approximate surface area is 152 Å². The van der Waals surface area contributed by atoms with Gasteiger partial charge >= 0.3 is 6.18 Å². The van der Waals surface area contributed by atoms with Crippen molar-refractivity contribution in [1.82, 2.24) is 9.78 Å². The van der Waals surface area contributed by atoms with Crippen molar-refractivity contribution in [3.63, 3.8) is 0 Å². The highest BCUT2D eigenvalue weighted by molar-refractivity contribution is 6.45. The molecular formula is C17H16F3N7. The maximum atomic E-state index is 13.3. The van der Waals surface area contributed by atoms with Crippen LogP contribution in [0.5, 0.6) is 0 Å². The first kappa shape index (κ1) is 18.4. The van der Waals surface area contributed by atoms with Gasteiger partial charge in [-0.1, -0.05) is 0 Å². The quantitative estimate of drug-likeness (QED) is 0.433. The van der Waals surface area contributed by atoms with Crippen molar-refractivity contribution in [2.45, 2.75) is 31.9 Å². The Balaban J connectivity index is 1.91. The zero-order chi connectivity index (χ0) is 19.6. The van der Waals surface area contributed by atoms with Crippen molar-refractivity contribution >= 4 is 17.2 Å². The Morgan fingerprint density at radius 1 is 1.26 bits per heavy atom. The molecule has 0 fully saturated rings. The molecule has 0 atom stereocenters. The summed E-state index contributed by atoms with van der Waals surface area (Å²) in [6.45, 7) is 0. The highest BCUT2D eigenvalue weighted by Gasteiger charge is 2.39. The SMILES string of the molecule is N#C/C(=N\Nc1ccc(-n2nc(C(F)(F)F)c3c2CCCC3)cc1)C(=N)N. The number of nitrogens with zero attached hydrogens (tertiary/aromatic N) is 4. The molecule has 1 aliphatic carbocycles. The lowest BCUT2D eigenvalue weighted by Gasteiger charge is -2.14. The number of hydrogen-bond acceptors (Lipinski definition) is 5. The highest BCUT2D eigenvalue weighted by atomic mass is 19.4. The molecule has 10 heteroatoms. The van der Waals surface area contributed by atoms with Gasteiger partial charge < -0.3 is 5.73 Å². The molecule has 1 aliphatic rings. The zero-order valence-corrected chi connectivity index (χ0v) is 14.1. The summed E-state index contributed by atoms with van der Waals surface area (Å²) in [5.74, 6) is -0.468. The predicted octanol–water partition coefficient (Wildman–Crippen LogP) is 3.00. The number of benzene rings is 1. The zero-order valence-electron chi connectivity index (χ0n) is 14.1. The second-order valence-electron chi connectivity index (χ2n) is 6.04. The molecule has 27 heavy (non-hydrogen) atoms. The molecule has 7 nitrogen and oxygen atoms in total. The van der Waals surface area contributed by atoms with E-state index in [1.165, 1.54) is 4.68 Å². The number of rotatable bonds is 4. The highest BCUT2D eigenvalue weighted by Crippen LogP contribution is 2.36. The Morgan fingerprint density at radius 2 is 1.93 bits per heavy atom. The predicted molar refractivity (Wildman–Crippen MR) is 93.8 cm³/mol. The molecule has 0 aliphatic heterocycles. The van der Waals surface area contributed by atoms with Gasteiger partial charge in [-0.05, 0) is 49.9 Å². The Kier molecular flexibility index (Phi) is 4.85. The van der Waals surface area contributed by atoms with Gasteiger partial charge in [-0.15, -0.1) is 0 Å². The third kappa shape index (κ3) is 3.76. The van der Waals surface area contributed by atoms with Crippen LogP contribution >= 0.6 is 0 Å². The number of halogens is 3. The number of hydrogen-bond donors (Lipinski definition) is 3. The summed E-state index contributed by atoms with van der Waals surface area (Å²) in [5.41, 5.74) is 8.57. The van der Waals surface area contributed by atoms with Crippen LogP contribution in [-0.2, 0) is 19.0 Å². The number of nitrogens with one attached hydrogen (secondary N) is 2. The van der Waals surface area contributed by atoms with Crippen LogP contribution in [0.4, 0.5) is 18.9 Å². The summed E-state index contributed by atoms with van der Waals surface area (Å²) < 4.78 is 41.2. The first-order chi connectivity index (χ1) is 12.8. The van der Waals surface area contributed by atoms with Gasteiger partial charge in [-0.3, -0.25) is 10.8 Å². The fraction of sp³-hybridized carbons (Fsp3) is 0.294. The molecule has 0 saturated carbocycles. The lowest BCUT2D eigenvalue weighted by atomic mass is 9.95. The van der Waals surface area contributed by atoms with E-state index < -0.39 is 17.7 Å². The van der Waals surface area contributed by atoms with Crippen LogP contribution in [-0.4, -0.2) is 21.3 Å². The van der Waals surface area contributed by atoms with Crippen molar-refractivity contribution in [1.29, 1.82) is 10.7 Å². The van der Waals surface area contributed by atoms with E-state index in [9.17, 15) is 13.2 Å². The third-order valence-corrected chi connectivity index (χ3v) is 4.22. The van der Waals surface area contributed by atoms with Crippen molar-refractivity contribution in [3.05, 3.63) is 41.2 Å². The monoisotopic (exact) mass is 375 g/mol. The molecule has 0 unspecified atom stereocenters. The largest absolute Gasteiger partial charge is 0.435 e. The third-order valence-electron chi connectivity index (χ3n) is 4.22. The number of aromatic nitrogens is 2. The van der Waals surface area contributed by atoms with E-state index in [4.69, 9.17) is 16.4 Å². The van der Waals surface area contributed by atoms with Gasteiger partial charge in [0.1, 0.15) is 6.07 Å². The number of hydrazone groups is 1. The molecule has 1 aromatic heterocycles. The van der Waals surface area contributed by atoms with Crippen molar-refractivity contribution < 1.29 is 13.2 Å². The average Bonchev–Trinajstić information content (AvgIpc) is 3.02. The first-order valence-electron chi connectivity index (χ1n) is 8.18. The fourth-order valence-corrected chi connectivity index (χ4v) is 2.98. The fourth-order valence-electron chi connectivity index (χ4n) is 2.98. The molecule has 1 aromatic carbocycles. The molecule has 0 saturated heterocycles. The van der Waals surface area contributed by atoms with Crippen LogP contribution in [0.15, 0.2) is 29.4 Å². The standard InChI is InChI=1S/C17H16F3N7/c18-17(19,20)15-12-3-1-2-4-14(12)27(26-15)11-7-5-10(6-8-11)24-25-13(9-21)16(22)23/h5-8,24H,1-4H2,(H3,22,23)/b25-13+. The number of anilines is 1. The molecule has 2 aromatic rings. The van der Waals surface area contributed by atoms with Crippen LogP contribution in [0.25, 0.3) is 5.69 Å². The van der Waals surface area contributed by atoms with Crippen LogP contribution in [0.2, 0.25) is 0 Å². The first-order valence-corrected chi connectivity index (χ1v) is 8.18. The smallest absolute Gasteiger partial charge is 0.382 e. The van der Waals surface area contributed by atoms with Crippen LogP contribution in [0.3, 0.4) is 0 Å². The minimum absolute atomic E-state index is 0.268. The molecule has 1 heterocycles. The number of amidine groups is 1. The van der Waals surface area contributed by atoms with E-state index in [0.717, 1.165) is 12.8 Å². The van der Waals surface area contributed by atoms with E-state index >= 15 is 0 Å². The second-order valence-corrected chi connectivity index (χ2v) is 6.04. The summed E-state index contributed by atoms with van der Waals surface area (Å²) in [7, 11) is 0. The van der Waals surface area contributed by atoms with E-state index in [-0.39, 0.29) is 11.3 Å². The average molecular weight is 375 g/mol. The molecule has 3 rings (SSSR count). The van der Waals surface area contributed by atoms with Crippen molar-refractivity contribution in [3.8, 4) is 11.8 Å². The van der Waals surface area contributed by atoms with Gasteiger partial charge in [0.25, 0.3) is 0 Å². The van der Waals surface area contributed by atoms with Crippen LogP contribution in [0.1, 0.15) is 29.8 Å². The molecule has 0 bridgehead atoms. The number of alkyl halides is 3. The second kappa shape index (κ2) is 7.11. The molecule has 4 N–H and O–H groups in total. The Bertz CT molecular complexity index is 933. The van der Waals surface area contributed by atoms with Crippen LogP contribution in [0, 0.1) is 16.7 Å². The number of fused-ring (bicyclic) bond motifs is 1. The summed E-state index contributed by atoms with van der Waals surface area (Å²) in [4.78, 5) is 0. The van der Waals surface area contributed by atoms with E-state index in [1.54, 1.807) is 30.3 Å². The van der Waals surface area contributed by atoms with Crippen molar-refractivity contribution in [2.24, 2.45) is 10.8 Å². The summed E-state index contributed by atoms with van der Waals surface area (Å²) in [6, 6.07) is 8.09. The lowest BCUT2D eigenvalue weighted by Crippen LogP contribution is -2.21. The number of nitrogens with two attached hydrogens (primary N) is 1. The van der Waals surface area contributed by atoms with Crippen molar-refractivity contribution in [2.75, 3.05) is 5.43 Å². The van der Waals surface area contributed by atoms with Gasteiger partial charge in [-0.25, -0.2) is 4.68 Å². The van der Waals surface area contributed by atoms with E-state index in [0.29, 0.717) is 29.9 Å². The molecule has 0 radical (unpaired) electrons. The minimum Gasteiger partial charge on any atom is -0.382 e. The summed E-state index contributed by atoms with van der Waals surface area (Å²) in [6.07, 6.45) is -2.01. The summed E-state index contributed by atoms with van der Waals surface area (Å²) >= 11 is 0. The molecular weight excluding hydrogens is 359 g/mol. The number of nitriles is 1. The molecule has 0 spiro atoms. The molecule has 140 valence electrons. The lowest BCUT2D eigenvalue weighted by molar-refractivity contribution is -0.142. The maximum Gasteiger partial charge on any atom is 0.435 e. The Hall–Kier alpha value is -3.35. The van der Waals surface area contributed by atoms with E-state index in [2.05, 4.69) is 15.6 Å². The Morgan fingerprint density at radius 3 is 2.52 bits per heavy atom. The maximum absolute atomic E-state index is 13.3. The van der Waals surface area contributed by atoms with E-state index in [1.807, 2.05) is 0 Å². The van der Waals surface area contributed by atoms with Crippen LogP contribution < -0.4 is 11.2 Å². The normalized spacial score (nSPS) is 14.4. The van der Waals surface area contributed by atoms with Gasteiger partial charge in [0.05, 0.1) is 11.4 Å². The molecule has 0 amide bonds. The summed E-state index contributed by atoms with van der Waals surface area (Å²) in [5, 5.41) is 23.5. The van der Waals surface area contributed by atoms with Gasteiger partial charge in [-0.2, -0.15) is 28.6 Å². The van der Waals surface area contributed by atoms with Gasteiger partial charge in [0, 0.05) is 11.3 Å².